The number of carbonyl (C=O) groups is 1. The van der Waals surface area contributed by atoms with Crippen molar-refractivity contribution in [3.8, 4) is 0 Å². The van der Waals surface area contributed by atoms with E-state index >= 15 is 0 Å². The number of hydrogen-bond acceptors (Lipinski definition) is 4. The van der Waals surface area contributed by atoms with Gasteiger partial charge >= 0.3 is 6.03 Å². The van der Waals surface area contributed by atoms with Crippen molar-refractivity contribution >= 4 is 12.0 Å². The van der Waals surface area contributed by atoms with E-state index in [1.807, 2.05) is 18.7 Å². The molecule has 2 heterocycles. The maximum absolute atomic E-state index is 11.8. The van der Waals surface area contributed by atoms with Crippen LogP contribution in [0.1, 0.15) is 36.0 Å². The van der Waals surface area contributed by atoms with E-state index in [2.05, 4.69) is 31.9 Å². The van der Waals surface area contributed by atoms with Crippen molar-refractivity contribution in [1.82, 2.24) is 29.9 Å². The summed E-state index contributed by atoms with van der Waals surface area (Å²) >= 11 is 0. The van der Waals surface area contributed by atoms with Crippen LogP contribution >= 0.6 is 0 Å². The number of hydrogen-bond donors (Lipinski definition) is 2. The average molecular weight is 289 g/mol. The fraction of sp³-hybridized carbons (Fsp3) is 0.538. The van der Waals surface area contributed by atoms with Crippen LogP contribution in [0.4, 0.5) is 10.7 Å². The van der Waals surface area contributed by atoms with Gasteiger partial charge in [0.25, 0.3) is 0 Å². The van der Waals surface area contributed by atoms with Gasteiger partial charge in [-0.25, -0.2) is 4.79 Å². The van der Waals surface area contributed by atoms with Crippen molar-refractivity contribution < 1.29 is 4.79 Å². The van der Waals surface area contributed by atoms with Crippen molar-refractivity contribution in [1.29, 1.82) is 0 Å². The van der Waals surface area contributed by atoms with Gasteiger partial charge in [0.05, 0.1) is 12.2 Å². The third-order valence-corrected chi connectivity index (χ3v) is 3.60. The van der Waals surface area contributed by atoms with Gasteiger partial charge in [-0.05, 0) is 25.8 Å². The molecule has 2 aromatic rings. The van der Waals surface area contributed by atoms with Gasteiger partial charge in [0.1, 0.15) is 5.82 Å². The molecule has 0 atom stereocenters. The van der Waals surface area contributed by atoms with Gasteiger partial charge in [0.15, 0.2) is 0 Å². The maximum Gasteiger partial charge on any atom is 0.321 e. The Bertz CT molecular complexity index is 649. The van der Waals surface area contributed by atoms with E-state index in [-0.39, 0.29) is 6.03 Å². The number of amides is 2. The second-order valence-corrected chi connectivity index (χ2v) is 5.37. The van der Waals surface area contributed by atoms with E-state index in [0.717, 1.165) is 11.5 Å². The van der Waals surface area contributed by atoms with Gasteiger partial charge in [0.2, 0.25) is 5.95 Å². The van der Waals surface area contributed by atoms with Gasteiger partial charge in [-0.3, -0.25) is 14.7 Å². The van der Waals surface area contributed by atoms with Crippen molar-refractivity contribution in [2.24, 2.45) is 14.1 Å². The van der Waals surface area contributed by atoms with Gasteiger partial charge in [-0.2, -0.15) is 10.1 Å². The number of nitrogens with one attached hydrogen (secondary N) is 2. The van der Waals surface area contributed by atoms with Crippen LogP contribution in [0.15, 0.2) is 6.07 Å². The highest BCUT2D eigenvalue weighted by atomic mass is 16.2. The number of carbonyl (C=O) groups excluding carboxylic acids is 1. The second kappa shape index (κ2) is 5.19. The van der Waals surface area contributed by atoms with E-state index in [9.17, 15) is 4.79 Å². The second-order valence-electron chi connectivity index (χ2n) is 5.37. The highest BCUT2D eigenvalue weighted by Gasteiger charge is 2.27. The Hall–Kier alpha value is -2.38. The summed E-state index contributed by atoms with van der Waals surface area (Å²) in [5.41, 5.74) is 2.11. The molecule has 2 amide bonds. The fourth-order valence-electron chi connectivity index (χ4n) is 2.22. The van der Waals surface area contributed by atoms with Gasteiger partial charge in [-0.1, -0.05) is 0 Å². The van der Waals surface area contributed by atoms with Crippen LogP contribution in [0.2, 0.25) is 0 Å². The Morgan fingerprint density at radius 1 is 1.33 bits per heavy atom. The van der Waals surface area contributed by atoms with Crippen LogP contribution in [-0.4, -0.2) is 30.6 Å². The Morgan fingerprint density at radius 2 is 2.10 bits per heavy atom. The highest BCUT2D eigenvalue weighted by Crippen LogP contribution is 2.39. The molecule has 112 valence electrons. The molecule has 0 spiro atoms. The largest absolute Gasteiger partial charge is 0.332 e. The molecular formula is C13H19N7O. The van der Waals surface area contributed by atoms with E-state index in [4.69, 9.17) is 0 Å². The third-order valence-electron chi connectivity index (χ3n) is 3.60. The number of aryl methyl sites for hydroxylation is 3. The summed E-state index contributed by atoms with van der Waals surface area (Å²) < 4.78 is 3.51. The molecule has 8 heteroatoms. The zero-order valence-electron chi connectivity index (χ0n) is 12.4. The summed E-state index contributed by atoms with van der Waals surface area (Å²) in [6, 6.07) is 1.72. The molecule has 1 fully saturated rings. The van der Waals surface area contributed by atoms with E-state index in [0.29, 0.717) is 18.4 Å². The summed E-state index contributed by atoms with van der Waals surface area (Å²) in [5, 5.41) is 13.8. The monoisotopic (exact) mass is 289 g/mol. The van der Waals surface area contributed by atoms with Crippen molar-refractivity contribution in [3.05, 3.63) is 23.3 Å². The summed E-state index contributed by atoms with van der Waals surface area (Å²) in [6.45, 7) is 2.21. The molecule has 0 saturated heterocycles. The quantitative estimate of drug-likeness (QED) is 0.880. The van der Waals surface area contributed by atoms with Crippen LogP contribution in [-0.2, 0) is 20.6 Å². The smallest absolute Gasteiger partial charge is 0.321 e. The maximum atomic E-state index is 11.8. The number of rotatable bonds is 4. The van der Waals surface area contributed by atoms with E-state index in [1.165, 1.54) is 18.5 Å². The molecule has 8 nitrogen and oxygen atoms in total. The van der Waals surface area contributed by atoms with E-state index < -0.39 is 0 Å². The number of urea groups is 1. The van der Waals surface area contributed by atoms with E-state index in [1.54, 1.807) is 11.7 Å². The first-order valence-corrected chi connectivity index (χ1v) is 6.98. The highest BCUT2D eigenvalue weighted by molar-refractivity contribution is 5.87. The number of anilines is 1. The predicted molar refractivity (Wildman–Crippen MR) is 76.8 cm³/mol. The molecule has 0 radical (unpaired) electrons. The third kappa shape index (κ3) is 3.04. The zero-order chi connectivity index (χ0) is 15.0. The average Bonchev–Trinajstić information content (AvgIpc) is 3.13. The first-order chi connectivity index (χ1) is 10.0. The molecule has 0 aliphatic heterocycles. The first kappa shape index (κ1) is 13.6. The zero-order valence-corrected chi connectivity index (χ0v) is 12.4. The summed E-state index contributed by atoms with van der Waals surface area (Å²) in [7, 11) is 3.72. The Labute approximate surface area is 122 Å². The minimum Gasteiger partial charge on any atom is -0.332 e. The summed E-state index contributed by atoms with van der Waals surface area (Å²) in [6.07, 6.45) is 2.47. The molecule has 2 N–H and O–H groups in total. The van der Waals surface area contributed by atoms with Crippen molar-refractivity contribution in [2.75, 3.05) is 5.32 Å². The lowest BCUT2D eigenvalue weighted by Crippen LogP contribution is -2.28. The molecule has 3 rings (SSSR count). The number of nitrogens with zero attached hydrogens (tertiary/aromatic N) is 5. The lowest BCUT2D eigenvalue weighted by Gasteiger charge is -2.02. The lowest BCUT2D eigenvalue weighted by atomic mass is 10.2. The Balaban J connectivity index is 1.54. The van der Waals surface area contributed by atoms with Crippen LogP contribution in [0, 0.1) is 6.92 Å². The minimum absolute atomic E-state index is 0.298. The molecule has 1 aliphatic carbocycles. The van der Waals surface area contributed by atoms with Crippen molar-refractivity contribution in [2.45, 2.75) is 32.2 Å². The Kier molecular flexibility index (Phi) is 3.36. The molecule has 0 unspecified atom stereocenters. The minimum atomic E-state index is -0.334. The first-order valence-electron chi connectivity index (χ1n) is 6.98. The van der Waals surface area contributed by atoms with Crippen LogP contribution in [0.5, 0.6) is 0 Å². The molecule has 0 bridgehead atoms. The molecule has 0 aromatic carbocycles. The van der Waals surface area contributed by atoms with Gasteiger partial charge < -0.3 is 5.32 Å². The molecule has 1 saturated carbocycles. The predicted octanol–water partition coefficient (Wildman–Crippen LogP) is 1.06. The molecular weight excluding hydrogens is 270 g/mol. The Morgan fingerprint density at radius 3 is 2.71 bits per heavy atom. The topological polar surface area (TPSA) is 89.7 Å². The molecule has 2 aromatic heterocycles. The van der Waals surface area contributed by atoms with Gasteiger partial charge in [-0.15, -0.1) is 5.10 Å². The number of aromatic nitrogens is 5. The molecule has 1 aliphatic rings. The van der Waals surface area contributed by atoms with Gasteiger partial charge in [0, 0.05) is 25.7 Å². The molecule has 21 heavy (non-hydrogen) atoms. The normalized spacial score (nSPS) is 14.2. The fourth-order valence-corrected chi connectivity index (χ4v) is 2.22. The summed E-state index contributed by atoms with van der Waals surface area (Å²) in [5.74, 6) is 1.68. The van der Waals surface area contributed by atoms with Crippen LogP contribution < -0.4 is 10.6 Å². The lowest BCUT2D eigenvalue weighted by molar-refractivity contribution is 0.251. The van der Waals surface area contributed by atoms with Crippen LogP contribution in [0.3, 0.4) is 0 Å². The van der Waals surface area contributed by atoms with Crippen LogP contribution in [0.25, 0.3) is 0 Å². The SMILES string of the molecule is Cc1nc(NC(=O)NCc2cc(C3CC3)n(C)n2)nn1C. The van der Waals surface area contributed by atoms with Crippen molar-refractivity contribution in [3.63, 3.8) is 0 Å². The standard InChI is InChI=1S/C13H19N7O/c1-8-15-12(18-19(8)2)16-13(21)14-7-10-6-11(9-4-5-9)20(3)17-10/h6,9H,4-5,7H2,1-3H3,(H2,14,16,18,21). The summed E-state index contributed by atoms with van der Waals surface area (Å²) in [4.78, 5) is 15.9.